The number of nitrogens with one attached hydrogen (secondary N) is 3. The van der Waals surface area contributed by atoms with Crippen LogP contribution in [0.5, 0.6) is 0 Å². The highest BCUT2D eigenvalue weighted by atomic mass is 28.4. The van der Waals surface area contributed by atoms with E-state index in [-0.39, 0.29) is 0 Å². The van der Waals surface area contributed by atoms with Crippen LogP contribution in [-0.4, -0.2) is 54.7 Å². The lowest BCUT2D eigenvalue weighted by atomic mass is 10.4. The highest BCUT2D eigenvalue weighted by molar-refractivity contribution is 6.78. The molecule has 0 aliphatic carbocycles. The zero-order valence-electron chi connectivity index (χ0n) is 13.5. The van der Waals surface area contributed by atoms with Crippen LogP contribution >= 0.6 is 0 Å². The first-order valence-electron chi connectivity index (χ1n) is 7.23. The molecule has 18 heavy (non-hydrogen) atoms. The summed E-state index contributed by atoms with van der Waals surface area (Å²) in [6.45, 7) is 14.1. The lowest BCUT2D eigenvalue weighted by Crippen LogP contribution is -2.81. The van der Waals surface area contributed by atoms with Gasteiger partial charge < -0.3 is 14.9 Å². The van der Waals surface area contributed by atoms with Crippen LogP contribution in [0.1, 0.15) is 26.7 Å². The minimum Gasteiger partial charge on any atom is -0.303 e. The standard InChI is InChI=1S/C12H34N4Si2/c1-8-10-16(11-9-2)18(13-3,14-4)15-12-17(5,6)7/h13-15H,8-12H2,1-7H3. The van der Waals surface area contributed by atoms with Crippen molar-refractivity contribution in [3.63, 3.8) is 0 Å². The van der Waals surface area contributed by atoms with Gasteiger partial charge in [-0.05, 0) is 46.2 Å². The number of hydrogen-bond acceptors (Lipinski definition) is 4. The van der Waals surface area contributed by atoms with Gasteiger partial charge in [-0.25, -0.2) is 0 Å². The molecule has 0 rings (SSSR count). The van der Waals surface area contributed by atoms with Crippen molar-refractivity contribution >= 4 is 16.8 Å². The fourth-order valence-corrected chi connectivity index (χ4v) is 7.83. The third kappa shape index (κ3) is 5.94. The monoisotopic (exact) mass is 290 g/mol. The van der Waals surface area contributed by atoms with Crippen LogP contribution in [0.15, 0.2) is 0 Å². The zero-order valence-corrected chi connectivity index (χ0v) is 15.5. The van der Waals surface area contributed by atoms with E-state index < -0.39 is 16.8 Å². The Hall–Kier alpha value is 0.274. The quantitative estimate of drug-likeness (QED) is 0.533. The summed E-state index contributed by atoms with van der Waals surface area (Å²) in [5.41, 5.74) is 0. The summed E-state index contributed by atoms with van der Waals surface area (Å²) in [5.74, 6) is 0. The smallest absolute Gasteiger partial charge is 0.303 e. The third-order valence-electron chi connectivity index (χ3n) is 3.06. The first kappa shape index (κ1) is 18.3. The Morgan fingerprint density at radius 1 is 0.889 bits per heavy atom. The normalized spacial score (nSPS) is 13.3. The molecule has 0 spiro atoms. The number of rotatable bonds is 10. The van der Waals surface area contributed by atoms with Gasteiger partial charge >= 0.3 is 8.72 Å². The van der Waals surface area contributed by atoms with Crippen molar-refractivity contribution in [2.75, 3.05) is 33.4 Å². The predicted octanol–water partition coefficient (Wildman–Crippen LogP) is 1.45. The molecule has 0 heterocycles. The molecule has 6 heteroatoms. The molecule has 0 aromatic rings. The van der Waals surface area contributed by atoms with E-state index in [0.29, 0.717) is 0 Å². The maximum Gasteiger partial charge on any atom is 0.368 e. The fourth-order valence-electron chi connectivity index (χ4n) is 2.11. The largest absolute Gasteiger partial charge is 0.368 e. The highest BCUT2D eigenvalue weighted by Crippen LogP contribution is 2.05. The Kier molecular flexibility index (Phi) is 8.57. The molecule has 0 unspecified atom stereocenters. The molecule has 0 aliphatic rings. The van der Waals surface area contributed by atoms with Gasteiger partial charge in [0, 0.05) is 0 Å². The van der Waals surface area contributed by atoms with Crippen LogP contribution in [-0.2, 0) is 0 Å². The van der Waals surface area contributed by atoms with Gasteiger partial charge in [0.15, 0.2) is 0 Å². The van der Waals surface area contributed by atoms with Crippen molar-refractivity contribution in [3.05, 3.63) is 0 Å². The number of nitrogens with zero attached hydrogens (tertiary/aromatic N) is 1. The van der Waals surface area contributed by atoms with Crippen LogP contribution in [0.25, 0.3) is 0 Å². The second-order valence-electron chi connectivity index (χ2n) is 6.11. The average Bonchev–Trinajstić information content (AvgIpc) is 2.30. The molecule has 3 N–H and O–H groups in total. The molecule has 110 valence electrons. The second kappa shape index (κ2) is 8.45. The molecule has 4 nitrogen and oxygen atoms in total. The zero-order chi connectivity index (χ0) is 14.2. The summed E-state index contributed by atoms with van der Waals surface area (Å²) >= 11 is 0. The van der Waals surface area contributed by atoms with Gasteiger partial charge in [-0.2, -0.15) is 0 Å². The van der Waals surface area contributed by atoms with Crippen molar-refractivity contribution in [3.8, 4) is 0 Å². The predicted molar refractivity (Wildman–Crippen MR) is 87.4 cm³/mol. The Labute approximate surface area is 116 Å². The topological polar surface area (TPSA) is 39.3 Å². The number of hydrogen-bond donors (Lipinski definition) is 3. The van der Waals surface area contributed by atoms with Gasteiger partial charge in [0.2, 0.25) is 0 Å². The molecule has 0 aromatic heterocycles. The molecule has 0 radical (unpaired) electrons. The van der Waals surface area contributed by atoms with Gasteiger partial charge in [-0.15, -0.1) is 0 Å². The van der Waals surface area contributed by atoms with Crippen LogP contribution < -0.4 is 14.9 Å². The molecule has 0 atom stereocenters. The van der Waals surface area contributed by atoms with Gasteiger partial charge in [0.25, 0.3) is 0 Å². The first-order valence-corrected chi connectivity index (χ1v) is 12.9. The molecule has 0 fully saturated rings. The summed E-state index contributed by atoms with van der Waals surface area (Å²) < 4.78 is 2.60. The van der Waals surface area contributed by atoms with E-state index in [1.54, 1.807) is 0 Å². The minimum atomic E-state index is -1.91. The van der Waals surface area contributed by atoms with Gasteiger partial charge in [0.05, 0.1) is 8.07 Å². The Balaban J connectivity index is 4.83. The Morgan fingerprint density at radius 2 is 1.33 bits per heavy atom. The Morgan fingerprint density at radius 3 is 1.61 bits per heavy atom. The van der Waals surface area contributed by atoms with Crippen LogP contribution in [0.3, 0.4) is 0 Å². The fraction of sp³-hybridized carbons (Fsp3) is 1.00. The van der Waals surface area contributed by atoms with Crippen molar-refractivity contribution in [1.82, 2.24) is 19.5 Å². The molecular formula is C12H34N4Si2. The van der Waals surface area contributed by atoms with E-state index in [4.69, 9.17) is 0 Å². The lowest BCUT2D eigenvalue weighted by molar-refractivity contribution is 0.386. The highest BCUT2D eigenvalue weighted by Gasteiger charge is 2.38. The maximum atomic E-state index is 3.85. The van der Waals surface area contributed by atoms with Crippen LogP contribution in [0.4, 0.5) is 0 Å². The molecule has 0 aliphatic heterocycles. The van der Waals surface area contributed by atoms with E-state index in [2.05, 4.69) is 67.1 Å². The lowest BCUT2D eigenvalue weighted by Gasteiger charge is -2.42. The van der Waals surface area contributed by atoms with Gasteiger partial charge in [0.1, 0.15) is 0 Å². The summed E-state index contributed by atoms with van der Waals surface area (Å²) in [4.78, 5) is 11.0. The van der Waals surface area contributed by atoms with Crippen molar-refractivity contribution < 1.29 is 0 Å². The molecule has 0 bridgehead atoms. The van der Waals surface area contributed by atoms with Crippen LogP contribution in [0, 0.1) is 0 Å². The molecule has 0 saturated carbocycles. The minimum absolute atomic E-state index is 1.07. The summed E-state index contributed by atoms with van der Waals surface area (Å²) in [5, 5.41) is 0. The van der Waals surface area contributed by atoms with Crippen molar-refractivity contribution in [2.24, 2.45) is 0 Å². The molecule has 0 aromatic carbocycles. The summed E-state index contributed by atoms with van der Waals surface area (Å²) in [6.07, 6.45) is 3.56. The molecule has 0 saturated heterocycles. The molecular weight excluding hydrogens is 256 g/mol. The van der Waals surface area contributed by atoms with Gasteiger partial charge in [-0.1, -0.05) is 33.5 Å². The van der Waals surface area contributed by atoms with Crippen molar-refractivity contribution in [2.45, 2.75) is 46.3 Å². The Bertz CT molecular complexity index is 209. The maximum absolute atomic E-state index is 3.85. The van der Waals surface area contributed by atoms with E-state index in [9.17, 15) is 0 Å². The first-order chi connectivity index (χ1) is 8.35. The van der Waals surface area contributed by atoms with E-state index in [1.165, 1.54) is 12.8 Å². The van der Waals surface area contributed by atoms with Crippen molar-refractivity contribution in [1.29, 1.82) is 0 Å². The van der Waals surface area contributed by atoms with E-state index in [0.717, 1.165) is 19.3 Å². The average molecular weight is 291 g/mol. The SMILES string of the molecule is CCCN(CCC)[Si](NC)(NC)NC[Si](C)(C)C. The second-order valence-corrected chi connectivity index (χ2v) is 15.0. The molecule has 0 amide bonds. The third-order valence-corrected chi connectivity index (χ3v) is 8.18. The van der Waals surface area contributed by atoms with Crippen LogP contribution in [0.2, 0.25) is 19.6 Å². The summed E-state index contributed by atoms with van der Waals surface area (Å²) in [6, 6.07) is 0. The van der Waals surface area contributed by atoms with Gasteiger partial charge in [-0.3, -0.25) is 4.57 Å². The van der Waals surface area contributed by atoms with E-state index >= 15 is 0 Å². The summed E-state index contributed by atoms with van der Waals surface area (Å²) in [7, 11) is 1.18. The van der Waals surface area contributed by atoms with E-state index in [1.807, 2.05) is 0 Å².